The number of carbonyl (C=O) groups excluding carboxylic acids is 1. The summed E-state index contributed by atoms with van der Waals surface area (Å²) in [4.78, 5) is 29.0. The summed E-state index contributed by atoms with van der Waals surface area (Å²) in [5, 5.41) is 0.766. The summed E-state index contributed by atoms with van der Waals surface area (Å²) in [7, 11) is 1.58. The highest BCUT2D eigenvalue weighted by molar-refractivity contribution is 6.31. The third-order valence-electron chi connectivity index (χ3n) is 6.38. The summed E-state index contributed by atoms with van der Waals surface area (Å²) in [6, 6.07) is 9.73. The number of hydrogen-bond acceptors (Lipinski definition) is 6. The zero-order chi connectivity index (χ0) is 26.7. The molecule has 4 rings (SSSR count). The van der Waals surface area contributed by atoms with Crippen molar-refractivity contribution < 1.29 is 23.4 Å². The van der Waals surface area contributed by atoms with Crippen molar-refractivity contribution in [1.82, 2.24) is 4.90 Å². The molecule has 0 N–H and O–H groups in total. The van der Waals surface area contributed by atoms with Crippen LogP contribution in [0, 0.1) is 5.92 Å². The van der Waals surface area contributed by atoms with Crippen LogP contribution >= 0.6 is 11.6 Å². The molecule has 0 aliphatic carbocycles. The number of hydrogen-bond donors (Lipinski definition) is 0. The predicted molar refractivity (Wildman–Crippen MR) is 144 cm³/mol. The van der Waals surface area contributed by atoms with Crippen molar-refractivity contribution in [2.75, 3.05) is 26.9 Å². The lowest BCUT2D eigenvalue weighted by molar-refractivity contribution is 0.0593. The van der Waals surface area contributed by atoms with E-state index in [-0.39, 0.29) is 23.2 Å². The zero-order valence-electron chi connectivity index (χ0n) is 22.0. The van der Waals surface area contributed by atoms with Gasteiger partial charge in [-0.1, -0.05) is 31.5 Å². The number of methoxy groups -OCH3 is 1. The van der Waals surface area contributed by atoms with Gasteiger partial charge in [0, 0.05) is 18.2 Å². The van der Waals surface area contributed by atoms with E-state index in [1.54, 1.807) is 30.2 Å². The molecule has 1 aliphatic heterocycles. The van der Waals surface area contributed by atoms with E-state index < -0.39 is 6.04 Å². The van der Waals surface area contributed by atoms with Gasteiger partial charge >= 0.3 is 0 Å². The van der Waals surface area contributed by atoms with Crippen LogP contribution < -0.4 is 14.9 Å². The van der Waals surface area contributed by atoms with Crippen LogP contribution in [0.5, 0.6) is 11.5 Å². The molecule has 0 fully saturated rings. The number of amides is 1. The molecule has 2 heterocycles. The first kappa shape index (κ1) is 27.0. The van der Waals surface area contributed by atoms with Gasteiger partial charge in [0.15, 0.2) is 16.9 Å². The minimum atomic E-state index is -0.639. The van der Waals surface area contributed by atoms with Crippen molar-refractivity contribution in [3.63, 3.8) is 0 Å². The summed E-state index contributed by atoms with van der Waals surface area (Å²) in [5.41, 5.74) is 1.10. The van der Waals surface area contributed by atoms with E-state index in [9.17, 15) is 9.59 Å². The first-order chi connectivity index (χ1) is 17.7. The lowest BCUT2D eigenvalue weighted by atomic mass is 9.98. The van der Waals surface area contributed by atoms with Gasteiger partial charge in [0.05, 0.1) is 36.8 Å². The van der Waals surface area contributed by atoms with E-state index in [0.29, 0.717) is 65.2 Å². The standard InChI is InChI=1S/C29H34ClNO6/c1-17(2)11-14-36-23-9-7-19(15-24(23)34-5)26-25-27(32)21-16-20(30)8-10-22(21)37-28(25)29(33)31(26)12-6-13-35-18(3)4/h7-10,15-18,26H,6,11-14H2,1-5H3. The normalized spacial score (nSPS) is 15.2. The Kier molecular flexibility index (Phi) is 8.45. The molecule has 0 saturated carbocycles. The Hall–Kier alpha value is -3.03. The summed E-state index contributed by atoms with van der Waals surface area (Å²) in [5.74, 6) is 1.41. The fourth-order valence-electron chi connectivity index (χ4n) is 4.50. The third-order valence-corrected chi connectivity index (χ3v) is 6.61. The van der Waals surface area contributed by atoms with Crippen molar-refractivity contribution in [3.8, 4) is 11.5 Å². The lowest BCUT2D eigenvalue weighted by Gasteiger charge is -2.26. The Bertz CT molecular complexity index is 1330. The highest BCUT2D eigenvalue weighted by atomic mass is 35.5. The Morgan fingerprint density at radius 1 is 1.03 bits per heavy atom. The fraction of sp³-hybridized carbons (Fsp3) is 0.448. The maximum Gasteiger partial charge on any atom is 0.290 e. The lowest BCUT2D eigenvalue weighted by Crippen LogP contribution is -2.31. The highest BCUT2D eigenvalue weighted by Crippen LogP contribution is 2.41. The molecular weight excluding hydrogens is 494 g/mol. The van der Waals surface area contributed by atoms with Crippen molar-refractivity contribution in [2.45, 2.75) is 52.7 Å². The van der Waals surface area contributed by atoms with Crippen LogP contribution in [-0.4, -0.2) is 43.8 Å². The summed E-state index contributed by atoms with van der Waals surface area (Å²) < 4.78 is 23.3. The zero-order valence-corrected chi connectivity index (χ0v) is 22.8. The minimum Gasteiger partial charge on any atom is -0.493 e. The molecule has 8 heteroatoms. The van der Waals surface area contributed by atoms with E-state index in [2.05, 4.69) is 13.8 Å². The molecule has 1 unspecified atom stereocenters. The van der Waals surface area contributed by atoms with Gasteiger partial charge in [0.2, 0.25) is 5.76 Å². The van der Waals surface area contributed by atoms with Gasteiger partial charge in [-0.15, -0.1) is 0 Å². The summed E-state index contributed by atoms with van der Waals surface area (Å²) in [6.45, 7) is 9.67. The molecule has 3 aromatic rings. The molecule has 2 aromatic carbocycles. The van der Waals surface area contributed by atoms with Gasteiger partial charge in [0.25, 0.3) is 5.91 Å². The van der Waals surface area contributed by atoms with Crippen LogP contribution in [0.2, 0.25) is 5.02 Å². The van der Waals surface area contributed by atoms with E-state index in [4.69, 9.17) is 30.2 Å². The Morgan fingerprint density at radius 3 is 2.51 bits per heavy atom. The van der Waals surface area contributed by atoms with Crippen LogP contribution in [-0.2, 0) is 4.74 Å². The van der Waals surface area contributed by atoms with Gasteiger partial charge in [-0.3, -0.25) is 9.59 Å². The second-order valence-corrected chi connectivity index (χ2v) is 10.4. The summed E-state index contributed by atoms with van der Waals surface area (Å²) in [6.07, 6.45) is 1.62. The molecule has 0 saturated heterocycles. The average molecular weight is 528 g/mol. The quantitative estimate of drug-likeness (QED) is 0.275. The molecule has 1 amide bonds. The highest BCUT2D eigenvalue weighted by Gasteiger charge is 2.42. The average Bonchev–Trinajstić information content (AvgIpc) is 3.13. The molecule has 1 aromatic heterocycles. The van der Waals surface area contributed by atoms with Crippen LogP contribution in [0.25, 0.3) is 11.0 Å². The molecule has 1 aliphatic rings. The Balaban J connectivity index is 1.77. The SMILES string of the molecule is COc1cc(C2c3c(oc4ccc(Cl)cc4c3=O)C(=O)N2CCCOC(C)C)ccc1OCCC(C)C. The van der Waals surface area contributed by atoms with E-state index in [0.717, 1.165) is 12.0 Å². The number of carbonyl (C=O) groups is 1. The van der Waals surface area contributed by atoms with Gasteiger partial charge < -0.3 is 23.5 Å². The van der Waals surface area contributed by atoms with Gasteiger partial charge in [-0.2, -0.15) is 0 Å². The number of benzene rings is 2. The largest absolute Gasteiger partial charge is 0.493 e. The van der Waals surface area contributed by atoms with Gasteiger partial charge in [-0.25, -0.2) is 0 Å². The van der Waals surface area contributed by atoms with Gasteiger partial charge in [-0.05, 0) is 68.5 Å². The third kappa shape index (κ3) is 5.78. The van der Waals surface area contributed by atoms with E-state index in [1.807, 2.05) is 32.0 Å². The monoisotopic (exact) mass is 527 g/mol. The molecule has 0 spiro atoms. The predicted octanol–water partition coefficient (Wildman–Crippen LogP) is 6.24. The molecular formula is C29H34ClNO6. The van der Waals surface area contributed by atoms with Crippen LogP contribution in [0.15, 0.2) is 45.6 Å². The van der Waals surface area contributed by atoms with E-state index >= 15 is 0 Å². The first-order valence-electron chi connectivity index (χ1n) is 12.7. The Morgan fingerprint density at radius 2 is 1.81 bits per heavy atom. The number of rotatable bonds is 11. The van der Waals surface area contributed by atoms with Crippen molar-refractivity contribution in [1.29, 1.82) is 0 Å². The molecule has 198 valence electrons. The Labute approximate surface area is 222 Å². The second-order valence-electron chi connectivity index (χ2n) is 9.93. The molecule has 0 bridgehead atoms. The van der Waals surface area contributed by atoms with Gasteiger partial charge in [0.1, 0.15) is 5.58 Å². The number of fused-ring (bicyclic) bond motifs is 2. The fourth-order valence-corrected chi connectivity index (χ4v) is 4.67. The minimum absolute atomic E-state index is 0.0610. The molecule has 37 heavy (non-hydrogen) atoms. The maximum atomic E-state index is 13.7. The number of ether oxygens (including phenoxy) is 3. The smallest absolute Gasteiger partial charge is 0.290 e. The van der Waals surface area contributed by atoms with Crippen LogP contribution in [0.3, 0.4) is 0 Å². The van der Waals surface area contributed by atoms with Crippen LogP contribution in [0.1, 0.15) is 68.3 Å². The van der Waals surface area contributed by atoms with Crippen molar-refractivity contribution in [2.24, 2.45) is 5.92 Å². The molecule has 7 nitrogen and oxygen atoms in total. The maximum absolute atomic E-state index is 13.7. The van der Waals surface area contributed by atoms with Crippen molar-refractivity contribution in [3.05, 3.63) is 68.5 Å². The van der Waals surface area contributed by atoms with Crippen molar-refractivity contribution >= 4 is 28.5 Å². The second kappa shape index (κ2) is 11.6. The first-order valence-corrected chi connectivity index (χ1v) is 13.1. The molecule has 0 radical (unpaired) electrons. The summed E-state index contributed by atoms with van der Waals surface area (Å²) >= 11 is 6.18. The van der Waals surface area contributed by atoms with E-state index in [1.165, 1.54) is 0 Å². The van der Waals surface area contributed by atoms with Crippen LogP contribution in [0.4, 0.5) is 0 Å². The number of halogens is 1. The molecule has 1 atom stereocenters. The number of nitrogens with zero attached hydrogens (tertiary/aromatic N) is 1. The topological polar surface area (TPSA) is 78.2 Å².